The van der Waals surface area contributed by atoms with Crippen LogP contribution in [0, 0.1) is 0 Å². The van der Waals surface area contributed by atoms with E-state index in [9.17, 15) is 15.3 Å². The Balaban J connectivity index is 2.02. The zero-order valence-electron chi connectivity index (χ0n) is 12.2. The van der Waals surface area contributed by atoms with Gasteiger partial charge >= 0.3 is 0 Å². The molecule has 1 aromatic rings. The summed E-state index contributed by atoms with van der Waals surface area (Å²) in [5.41, 5.74) is 0.914. The molecule has 1 aliphatic heterocycles. The summed E-state index contributed by atoms with van der Waals surface area (Å²) < 4.78 is 16.3. The minimum atomic E-state index is -1.17. The first kappa shape index (κ1) is 17.1. The Morgan fingerprint density at radius 3 is 2.50 bits per heavy atom. The predicted octanol–water partition coefficient (Wildman–Crippen LogP) is 0.213. The minimum Gasteiger partial charge on any atom is -0.394 e. The lowest BCUT2D eigenvalue weighted by molar-refractivity contribution is -0.306. The van der Waals surface area contributed by atoms with Crippen molar-refractivity contribution in [3.8, 4) is 0 Å². The highest BCUT2D eigenvalue weighted by Crippen LogP contribution is 2.25. The Hall–Kier alpha value is -1.28. The molecule has 5 atom stereocenters. The van der Waals surface area contributed by atoms with Crippen molar-refractivity contribution < 1.29 is 29.5 Å². The second-order valence-electron chi connectivity index (χ2n) is 5.09. The van der Waals surface area contributed by atoms with Gasteiger partial charge < -0.3 is 29.5 Å². The molecule has 1 saturated heterocycles. The molecule has 3 N–H and O–H groups in total. The summed E-state index contributed by atoms with van der Waals surface area (Å²) >= 11 is 0. The highest BCUT2D eigenvalue weighted by molar-refractivity contribution is 5.13. The van der Waals surface area contributed by atoms with Gasteiger partial charge in [0.25, 0.3) is 0 Å². The molecular weight excluding hydrogens is 288 g/mol. The van der Waals surface area contributed by atoms with Crippen LogP contribution in [0.3, 0.4) is 0 Å². The molecule has 0 aromatic heterocycles. The molecule has 1 fully saturated rings. The average molecular weight is 310 g/mol. The topological polar surface area (TPSA) is 88.4 Å². The Morgan fingerprint density at radius 2 is 1.86 bits per heavy atom. The first-order valence-electron chi connectivity index (χ1n) is 7.18. The Labute approximate surface area is 129 Å². The second-order valence-corrected chi connectivity index (χ2v) is 5.09. The van der Waals surface area contributed by atoms with E-state index in [0.29, 0.717) is 0 Å². The number of ether oxygens (including phenoxy) is 3. The van der Waals surface area contributed by atoms with Crippen molar-refractivity contribution in [2.45, 2.75) is 37.3 Å². The molecule has 0 radical (unpaired) electrons. The smallest absolute Gasteiger partial charge is 0.187 e. The van der Waals surface area contributed by atoms with E-state index in [2.05, 4.69) is 6.58 Å². The summed E-state index contributed by atoms with van der Waals surface area (Å²) in [6.07, 6.45) is -3.57. The van der Waals surface area contributed by atoms with Gasteiger partial charge in [0.05, 0.1) is 19.8 Å². The lowest BCUT2D eigenvalue weighted by Gasteiger charge is -2.41. The zero-order valence-corrected chi connectivity index (χ0v) is 12.2. The molecule has 0 unspecified atom stereocenters. The van der Waals surface area contributed by atoms with Gasteiger partial charge in [-0.25, -0.2) is 0 Å². The number of hydrogen-bond acceptors (Lipinski definition) is 6. The van der Waals surface area contributed by atoms with Crippen LogP contribution in [-0.4, -0.2) is 59.2 Å². The number of benzene rings is 1. The number of hydrogen-bond donors (Lipinski definition) is 3. The molecule has 0 bridgehead atoms. The molecule has 0 amide bonds. The van der Waals surface area contributed by atoms with Crippen LogP contribution in [0.15, 0.2) is 43.0 Å². The highest BCUT2D eigenvalue weighted by Gasteiger charge is 2.45. The molecule has 1 heterocycles. The van der Waals surface area contributed by atoms with Crippen LogP contribution in [0.4, 0.5) is 0 Å². The Bertz CT molecular complexity index is 451. The third-order valence-electron chi connectivity index (χ3n) is 3.49. The van der Waals surface area contributed by atoms with E-state index in [1.165, 1.54) is 6.08 Å². The molecule has 2 rings (SSSR count). The van der Waals surface area contributed by atoms with E-state index in [-0.39, 0.29) is 13.2 Å². The Kier molecular flexibility index (Phi) is 6.50. The summed E-state index contributed by atoms with van der Waals surface area (Å²) in [5.74, 6) is 0. The van der Waals surface area contributed by atoms with Crippen LogP contribution >= 0.6 is 0 Å². The van der Waals surface area contributed by atoms with Gasteiger partial charge in [-0.1, -0.05) is 36.4 Å². The van der Waals surface area contributed by atoms with Crippen molar-refractivity contribution in [1.82, 2.24) is 0 Å². The van der Waals surface area contributed by atoms with Crippen LogP contribution in [0.25, 0.3) is 0 Å². The van der Waals surface area contributed by atoms with Crippen molar-refractivity contribution in [1.29, 1.82) is 0 Å². The van der Waals surface area contributed by atoms with E-state index in [0.717, 1.165) is 5.56 Å². The summed E-state index contributed by atoms with van der Waals surface area (Å²) in [4.78, 5) is 0. The van der Waals surface area contributed by atoms with Crippen LogP contribution in [-0.2, 0) is 20.8 Å². The van der Waals surface area contributed by atoms with E-state index < -0.39 is 37.3 Å². The fourth-order valence-corrected chi connectivity index (χ4v) is 2.32. The molecule has 0 spiro atoms. The highest BCUT2D eigenvalue weighted by atomic mass is 16.7. The lowest BCUT2D eigenvalue weighted by atomic mass is 9.99. The average Bonchev–Trinajstić information content (AvgIpc) is 2.55. The monoisotopic (exact) mass is 310 g/mol. The van der Waals surface area contributed by atoms with Gasteiger partial charge in [0.1, 0.15) is 24.4 Å². The van der Waals surface area contributed by atoms with Crippen LogP contribution < -0.4 is 0 Å². The van der Waals surface area contributed by atoms with Crippen LogP contribution in [0.1, 0.15) is 5.56 Å². The summed E-state index contributed by atoms with van der Waals surface area (Å²) in [6, 6.07) is 9.41. The fraction of sp³-hybridized carbons (Fsp3) is 0.500. The predicted molar refractivity (Wildman–Crippen MR) is 78.9 cm³/mol. The molecule has 0 aliphatic carbocycles. The number of rotatable bonds is 7. The SMILES string of the molecule is C=CCO[C@H]1O[C@H](CO)[C@@H](O)[C@@H](OCc2ccccc2)[C@H]1O. The van der Waals surface area contributed by atoms with E-state index >= 15 is 0 Å². The van der Waals surface area contributed by atoms with E-state index in [1.807, 2.05) is 30.3 Å². The molecule has 6 nitrogen and oxygen atoms in total. The second kappa shape index (κ2) is 8.38. The van der Waals surface area contributed by atoms with Crippen molar-refractivity contribution in [3.63, 3.8) is 0 Å². The first-order valence-corrected chi connectivity index (χ1v) is 7.18. The normalized spacial score (nSPS) is 31.9. The summed E-state index contributed by atoms with van der Waals surface area (Å²) in [5, 5.41) is 29.7. The zero-order chi connectivity index (χ0) is 15.9. The van der Waals surface area contributed by atoms with Gasteiger partial charge in [-0.15, -0.1) is 6.58 Å². The summed E-state index contributed by atoms with van der Waals surface area (Å²) in [7, 11) is 0. The largest absolute Gasteiger partial charge is 0.394 e. The molecule has 6 heteroatoms. The molecule has 22 heavy (non-hydrogen) atoms. The third kappa shape index (κ3) is 4.13. The molecule has 0 saturated carbocycles. The molecule has 1 aromatic carbocycles. The maximum atomic E-state index is 10.3. The quantitative estimate of drug-likeness (QED) is 0.624. The molecular formula is C16H22O6. The first-order chi connectivity index (χ1) is 10.7. The van der Waals surface area contributed by atoms with Gasteiger partial charge in [-0.05, 0) is 5.56 Å². The van der Waals surface area contributed by atoms with Crippen molar-refractivity contribution in [3.05, 3.63) is 48.6 Å². The van der Waals surface area contributed by atoms with Gasteiger partial charge in [-0.2, -0.15) is 0 Å². The van der Waals surface area contributed by atoms with Crippen LogP contribution in [0.5, 0.6) is 0 Å². The number of aliphatic hydroxyl groups is 3. The molecule has 1 aliphatic rings. The third-order valence-corrected chi connectivity index (χ3v) is 3.49. The van der Waals surface area contributed by atoms with Crippen LogP contribution in [0.2, 0.25) is 0 Å². The Morgan fingerprint density at radius 1 is 1.14 bits per heavy atom. The minimum absolute atomic E-state index is 0.182. The van der Waals surface area contributed by atoms with Crippen molar-refractivity contribution in [2.75, 3.05) is 13.2 Å². The van der Waals surface area contributed by atoms with Crippen molar-refractivity contribution >= 4 is 0 Å². The van der Waals surface area contributed by atoms with Crippen molar-refractivity contribution in [2.24, 2.45) is 0 Å². The number of aliphatic hydroxyl groups excluding tert-OH is 3. The maximum absolute atomic E-state index is 10.3. The molecule has 122 valence electrons. The van der Waals surface area contributed by atoms with Gasteiger partial charge in [-0.3, -0.25) is 0 Å². The van der Waals surface area contributed by atoms with E-state index in [4.69, 9.17) is 14.2 Å². The van der Waals surface area contributed by atoms with Gasteiger partial charge in [0.15, 0.2) is 6.29 Å². The summed E-state index contributed by atoms with van der Waals surface area (Å²) in [6.45, 7) is 3.54. The van der Waals surface area contributed by atoms with Gasteiger partial charge in [0, 0.05) is 0 Å². The lowest BCUT2D eigenvalue weighted by Crippen LogP contribution is -2.60. The standard InChI is InChI=1S/C16H22O6/c1-2-8-20-16-14(19)15(13(18)12(9-17)22-16)21-10-11-6-4-3-5-7-11/h2-7,12-19H,1,8-10H2/t12-,13-,14-,15-,16+/m1/s1. The fourth-order valence-electron chi connectivity index (χ4n) is 2.32. The van der Waals surface area contributed by atoms with E-state index in [1.54, 1.807) is 0 Å². The maximum Gasteiger partial charge on any atom is 0.187 e. The van der Waals surface area contributed by atoms with Gasteiger partial charge in [0.2, 0.25) is 0 Å².